The highest BCUT2D eigenvalue weighted by Crippen LogP contribution is 2.21. The number of hydrogen-bond acceptors (Lipinski definition) is 3. The number of nitrogen functional groups attached to an aromatic ring is 1. The van der Waals surface area contributed by atoms with E-state index in [1.54, 1.807) is 6.20 Å². The maximum absolute atomic E-state index is 5.60. The number of hydrogen-bond donors (Lipinski definition) is 1. The van der Waals surface area contributed by atoms with Crippen LogP contribution >= 0.6 is 24.8 Å². The van der Waals surface area contributed by atoms with Crippen LogP contribution in [0.3, 0.4) is 0 Å². The quantitative estimate of drug-likeness (QED) is 0.848. The third-order valence-electron chi connectivity index (χ3n) is 2.88. The number of nitrogens with two attached hydrogens (primary N) is 1. The van der Waals surface area contributed by atoms with E-state index in [0.717, 1.165) is 30.5 Å². The average Bonchev–Trinajstić information content (AvgIpc) is 2.21. The Morgan fingerprint density at radius 1 is 1.25 bits per heavy atom. The van der Waals surface area contributed by atoms with Gasteiger partial charge in [-0.15, -0.1) is 24.8 Å². The molecule has 1 aliphatic rings. The van der Waals surface area contributed by atoms with Crippen LogP contribution in [0.15, 0.2) is 18.3 Å². The van der Waals surface area contributed by atoms with Crippen LogP contribution in [0.5, 0.6) is 0 Å². The molecule has 2 heterocycles. The summed E-state index contributed by atoms with van der Waals surface area (Å²) in [6, 6.07) is 3.92. The van der Waals surface area contributed by atoms with Crippen molar-refractivity contribution in [2.75, 3.05) is 23.7 Å². The molecule has 3 nitrogen and oxygen atoms in total. The van der Waals surface area contributed by atoms with Crippen molar-refractivity contribution in [3.63, 3.8) is 0 Å². The van der Waals surface area contributed by atoms with E-state index >= 15 is 0 Å². The minimum absolute atomic E-state index is 0. The first-order chi connectivity index (χ1) is 6.75. The predicted octanol–water partition coefficient (Wildman–Crippen LogP) is 2.74. The molecule has 5 heteroatoms. The van der Waals surface area contributed by atoms with E-state index in [0.29, 0.717) is 0 Å². The van der Waals surface area contributed by atoms with E-state index in [1.807, 2.05) is 12.1 Å². The van der Waals surface area contributed by atoms with Crippen LogP contribution in [-0.4, -0.2) is 18.1 Å². The van der Waals surface area contributed by atoms with E-state index in [4.69, 9.17) is 5.73 Å². The summed E-state index contributed by atoms with van der Waals surface area (Å²) in [5.41, 5.74) is 6.33. The molecule has 92 valence electrons. The first kappa shape index (κ1) is 15.3. The summed E-state index contributed by atoms with van der Waals surface area (Å²) in [4.78, 5) is 6.66. The SMILES string of the molecule is CC1CCN(c2ccc(N)cn2)CC1.Cl.Cl. The molecule has 0 saturated carbocycles. The standard InChI is InChI=1S/C11H17N3.2ClH/c1-9-4-6-14(7-5-9)11-3-2-10(12)8-13-11;;/h2-3,8-9H,4-7,12H2,1H3;2*1H. The lowest BCUT2D eigenvalue weighted by Crippen LogP contribution is -2.33. The van der Waals surface area contributed by atoms with Gasteiger partial charge in [-0.25, -0.2) is 4.98 Å². The van der Waals surface area contributed by atoms with Gasteiger partial charge in [0.2, 0.25) is 0 Å². The summed E-state index contributed by atoms with van der Waals surface area (Å²) >= 11 is 0. The normalized spacial score (nSPS) is 16.2. The zero-order valence-corrected chi connectivity index (χ0v) is 11.1. The first-order valence-corrected chi connectivity index (χ1v) is 5.22. The summed E-state index contributed by atoms with van der Waals surface area (Å²) in [5, 5.41) is 0. The zero-order chi connectivity index (χ0) is 9.97. The van der Waals surface area contributed by atoms with Gasteiger partial charge in [0.25, 0.3) is 0 Å². The molecule has 0 atom stereocenters. The Balaban J connectivity index is 0.00000112. The molecule has 1 saturated heterocycles. The Morgan fingerprint density at radius 2 is 1.88 bits per heavy atom. The smallest absolute Gasteiger partial charge is 0.128 e. The molecule has 2 N–H and O–H groups in total. The maximum Gasteiger partial charge on any atom is 0.128 e. The summed E-state index contributed by atoms with van der Waals surface area (Å²) < 4.78 is 0. The Bertz CT molecular complexity index is 295. The van der Waals surface area contributed by atoms with Gasteiger partial charge in [-0.1, -0.05) is 6.92 Å². The monoisotopic (exact) mass is 263 g/mol. The van der Waals surface area contributed by atoms with Crippen LogP contribution in [0, 0.1) is 5.92 Å². The molecule has 2 rings (SSSR count). The number of aromatic nitrogens is 1. The van der Waals surface area contributed by atoms with Crippen molar-refractivity contribution in [3.05, 3.63) is 18.3 Å². The van der Waals surface area contributed by atoms with Crippen LogP contribution < -0.4 is 10.6 Å². The number of piperidine rings is 1. The molecular weight excluding hydrogens is 245 g/mol. The third kappa shape index (κ3) is 3.72. The van der Waals surface area contributed by atoms with Crippen LogP contribution in [-0.2, 0) is 0 Å². The molecule has 0 radical (unpaired) electrons. The van der Waals surface area contributed by atoms with Crippen molar-refractivity contribution in [2.45, 2.75) is 19.8 Å². The van der Waals surface area contributed by atoms with E-state index in [1.165, 1.54) is 12.8 Å². The number of anilines is 2. The lowest BCUT2D eigenvalue weighted by molar-refractivity contribution is 0.436. The van der Waals surface area contributed by atoms with Crippen LogP contribution in [0.4, 0.5) is 11.5 Å². The fourth-order valence-corrected chi connectivity index (χ4v) is 1.82. The van der Waals surface area contributed by atoms with Gasteiger partial charge in [0.15, 0.2) is 0 Å². The molecular formula is C11H19Cl2N3. The summed E-state index contributed by atoms with van der Waals surface area (Å²) in [7, 11) is 0. The molecule has 0 spiro atoms. The first-order valence-electron chi connectivity index (χ1n) is 5.22. The van der Waals surface area contributed by atoms with Crippen molar-refractivity contribution in [2.24, 2.45) is 5.92 Å². The van der Waals surface area contributed by atoms with Gasteiger partial charge >= 0.3 is 0 Å². The van der Waals surface area contributed by atoms with Gasteiger partial charge in [0.05, 0.1) is 11.9 Å². The lowest BCUT2D eigenvalue weighted by atomic mass is 9.99. The summed E-state index contributed by atoms with van der Waals surface area (Å²) in [6.45, 7) is 4.56. The van der Waals surface area contributed by atoms with Gasteiger partial charge in [0, 0.05) is 13.1 Å². The third-order valence-corrected chi connectivity index (χ3v) is 2.88. The van der Waals surface area contributed by atoms with Crippen LogP contribution in [0.25, 0.3) is 0 Å². The maximum atomic E-state index is 5.60. The zero-order valence-electron chi connectivity index (χ0n) is 9.43. The largest absolute Gasteiger partial charge is 0.397 e. The minimum atomic E-state index is 0. The van der Waals surface area contributed by atoms with Crippen molar-refractivity contribution in [3.8, 4) is 0 Å². The molecule has 1 aromatic heterocycles. The van der Waals surface area contributed by atoms with Gasteiger partial charge in [-0.2, -0.15) is 0 Å². The van der Waals surface area contributed by atoms with Crippen LogP contribution in [0.2, 0.25) is 0 Å². The predicted molar refractivity (Wildman–Crippen MR) is 73.8 cm³/mol. The van der Waals surface area contributed by atoms with E-state index in [9.17, 15) is 0 Å². The molecule has 0 amide bonds. The topological polar surface area (TPSA) is 42.1 Å². The molecule has 1 aromatic rings. The number of halogens is 2. The Labute approximate surface area is 109 Å². The minimum Gasteiger partial charge on any atom is -0.397 e. The molecule has 0 bridgehead atoms. The average molecular weight is 264 g/mol. The summed E-state index contributed by atoms with van der Waals surface area (Å²) in [6.07, 6.45) is 4.27. The second kappa shape index (κ2) is 6.81. The number of nitrogens with zero attached hydrogens (tertiary/aromatic N) is 2. The molecule has 1 aliphatic heterocycles. The molecule has 0 aromatic carbocycles. The van der Waals surface area contributed by atoms with Crippen molar-refractivity contribution < 1.29 is 0 Å². The van der Waals surface area contributed by atoms with Gasteiger partial charge < -0.3 is 10.6 Å². The summed E-state index contributed by atoms with van der Waals surface area (Å²) in [5.74, 6) is 1.92. The van der Waals surface area contributed by atoms with Crippen molar-refractivity contribution >= 4 is 36.3 Å². The molecule has 16 heavy (non-hydrogen) atoms. The fraction of sp³-hybridized carbons (Fsp3) is 0.545. The fourth-order valence-electron chi connectivity index (χ4n) is 1.82. The van der Waals surface area contributed by atoms with Gasteiger partial charge in [0.1, 0.15) is 5.82 Å². The molecule has 0 aliphatic carbocycles. The highest BCUT2D eigenvalue weighted by Gasteiger charge is 2.16. The van der Waals surface area contributed by atoms with E-state index in [2.05, 4.69) is 16.8 Å². The van der Waals surface area contributed by atoms with Crippen molar-refractivity contribution in [1.82, 2.24) is 4.98 Å². The van der Waals surface area contributed by atoms with E-state index in [-0.39, 0.29) is 24.8 Å². The second-order valence-corrected chi connectivity index (χ2v) is 4.12. The Kier molecular flexibility index (Phi) is 6.53. The highest BCUT2D eigenvalue weighted by atomic mass is 35.5. The van der Waals surface area contributed by atoms with E-state index < -0.39 is 0 Å². The highest BCUT2D eigenvalue weighted by molar-refractivity contribution is 5.85. The molecule has 0 unspecified atom stereocenters. The van der Waals surface area contributed by atoms with Crippen molar-refractivity contribution in [1.29, 1.82) is 0 Å². The molecule has 1 fully saturated rings. The second-order valence-electron chi connectivity index (χ2n) is 4.12. The number of pyridine rings is 1. The Morgan fingerprint density at radius 3 is 2.38 bits per heavy atom. The van der Waals surface area contributed by atoms with Crippen LogP contribution in [0.1, 0.15) is 19.8 Å². The lowest BCUT2D eigenvalue weighted by Gasteiger charge is -2.31. The Hall–Kier alpha value is -0.670. The van der Waals surface area contributed by atoms with Gasteiger partial charge in [-0.3, -0.25) is 0 Å². The van der Waals surface area contributed by atoms with Gasteiger partial charge in [-0.05, 0) is 30.9 Å². The number of rotatable bonds is 1.